The second kappa shape index (κ2) is 9.20. The fourth-order valence-electron chi connectivity index (χ4n) is 3.84. The fraction of sp³-hybridized carbons (Fsp3) is 0.200. The molecule has 0 saturated heterocycles. The van der Waals surface area contributed by atoms with Gasteiger partial charge in [0.25, 0.3) is 15.9 Å². The van der Waals surface area contributed by atoms with Gasteiger partial charge in [0, 0.05) is 31.3 Å². The highest BCUT2D eigenvalue weighted by Gasteiger charge is 2.22. The van der Waals surface area contributed by atoms with Gasteiger partial charge in [0.2, 0.25) is 6.79 Å². The van der Waals surface area contributed by atoms with Crippen LogP contribution in [0.4, 0.5) is 5.69 Å². The highest BCUT2D eigenvalue weighted by molar-refractivity contribution is 7.92. The zero-order chi connectivity index (χ0) is 24.6. The molecular formula is C25H23N3O5S2. The van der Waals surface area contributed by atoms with Crippen LogP contribution in [0.5, 0.6) is 11.5 Å². The number of benzene rings is 3. The third kappa shape index (κ3) is 4.30. The molecule has 180 valence electrons. The number of rotatable bonds is 6. The summed E-state index contributed by atoms with van der Waals surface area (Å²) in [6, 6.07) is 18.5. The Bertz CT molecular complexity index is 1570. The molecule has 35 heavy (non-hydrogen) atoms. The van der Waals surface area contributed by atoms with Crippen LogP contribution in [0.3, 0.4) is 0 Å². The monoisotopic (exact) mass is 509 g/mol. The van der Waals surface area contributed by atoms with Crippen LogP contribution in [0.2, 0.25) is 0 Å². The summed E-state index contributed by atoms with van der Waals surface area (Å²) < 4.78 is 41.1. The first-order valence-corrected chi connectivity index (χ1v) is 13.3. The number of anilines is 1. The number of thiazole rings is 1. The number of hydrogen-bond acceptors (Lipinski definition) is 6. The number of aryl methyl sites for hydroxylation is 1. The van der Waals surface area contributed by atoms with Gasteiger partial charge in [-0.15, -0.1) is 0 Å². The largest absolute Gasteiger partial charge is 0.454 e. The van der Waals surface area contributed by atoms with Crippen molar-refractivity contribution in [1.29, 1.82) is 0 Å². The molecule has 0 N–H and O–H groups in total. The van der Waals surface area contributed by atoms with Gasteiger partial charge in [0.15, 0.2) is 16.3 Å². The van der Waals surface area contributed by atoms with Crippen LogP contribution in [0, 0.1) is 0 Å². The molecule has 10 heteroatoms. The molecule has 0 aliphatic carbocycles. The number of fused-ring (bicyclic) bond motifs is 2. The highest BCUT2D eigenvalue weighted by Crippen LogP contribution is 2.37. The maximum absolute atomic E-state index is 13.0. The number of sulfonamides is 1. The Morgan fingerprint density at radius 1 is 1.06 bits per heavy atom. The lowest BCUT2D eigenvalue weighted by atomic mass is 10.2. The second-order valence-electron chi connectivity index (χ2n) is 7.96. The smallest absolute Gasteiger partial charge is 0.279 e. The summed E-state index contributed by atoms with van der Waals surface area (Å²) in [7, 11) is -2.27. The van der Waals surface area contributed by atoms with E-state index in [2.05, 4.69) is 11.9 Å². The van der Waals surface area contributed by atoms with Crippen molar-refractivity contribution in [2.24, 2.45) is 4.99 Å². The first kappa shape index (κ1) is 23.1. The Morgan fingerprint density at radius 2 is 1.74 bits per heavy atom. The number of amides is 1. The van der Waals surface area contributed by atoms with Gasteiger partial charge in [-0.25, -0.2) is 8.42 Å². The number of hydrogen-bond donors (Lipinski definition) is 0. The number of carbonyl (C=O) groups excluding carboxylic acids is 1. The quantitative estimate of drug-likeness (QED) is 0.384. The van der Waals surface area contributed by atoms with E-state index in [1.807, 2.05) is 22.8 Å². The van der Waals surface area contributed by atoms with Gasteiger partial charge in [0.05, 0.1) is 20.8 Å². The normalized spacial score (nSPS) is 13.4. The molecule has 1 amide bonds. The summed E-state index contributed by atoms with van der Waals surface area (Å²) in [6.45, 7) is 2.94. The Labute approximate surface area is 206 Å². The molecule has 2 heterocycles. The molecule has 5 rings (SSSR count). The van der Waals surface area contributed by atoms with E-state index in [9.17, 15) is 13.2 Å². The van der Waals surface area contributed by atoms with E-state index >= 15 is 0 Å². The van der Waals surface area contributed by atoms with E-state index < -0.39 is 15.9 Å². The number of carbonyl (C=O) groups is 1. The Kier molecular flexibility index (Phi) is 6.08. The van der Waals surface area contributed by atoms with Gasteiger partial charge in [-0.2, -0.15) is 4.99 Å². The second-order valence-corrected chi connectivity index (χ2v) is 10.9. The summed E-state index contributed by atoms with van der Waals surface area (Å²) in [5.41, 5.74) is 1.79. The predicted octanol–water partition coefficient (Wildman–Crippen LogP) is 4.41. The van der Waals surface area contributed by atoms with Crippen LogP contribution in [0.1, 0.15) is 23.7 Å². The van der Waals surface area contributed by atoms with Crippen molar-refractivity contribution in [1.82, 2.24) is 4.57 Å². The van der Waals surface area contributed by atoms with Gasteiger partial charge in [-0.05, 0) is 42.8 Å². The number of aromatic nitrogens is 1. The summed E-state index contributed by atoms with van der Waals surface area (Å²) in [5, 5.41) is 0. The van der Waals surface area contributed by atoms with Crippen molar-refractivity contribution in [3.63, 3.8) is 0 Å². The van der Waals surface area contributed by atoms with E-state index in [0.29, 0.717) is 34.1 Å². The lowest BCUT2D eigenvalue weighted by Gasteiger charge is -2.19. The zero-order valence-electron chi connectivity index (χ0n) is 19.2. The maximum atomic E-state index is 13.0. The molecule has 1 aliphatic heterocycles. The molecular weight excluding hydrogens is 486 g/mol. The fourth-order valence-corrected chi connectivity index (χ4v) is 6.10. The molecule has 8 nitrogen and oxygen atoms in total. The minimum atomic E-state index is -3.76. The summed E-state index contributed by atoms with van der Waals surface area (Å²) in [5.74, 6) is 0.912. The van der Waals surface area contributed by atoms with E-state index in [1.54, 1.807) is 24.3 Å². The summed E-state index contributed by atoms with van der Waals surface area (Å²) in [6.07, 6.45) is 0.864. The molecule has 3 aromatic carbocycles. The molecule has 0 fully saturated rings. The van der Waals surface area contributed by atoms with E-state index in [0.717, 1.165) is 16.6 Å². The summed E-state index contributed by atoms with van der Waals surface area (Å²) >= 11 is 1.40. The van der Waals surface area contributed by atoms with Gasteiger partial charge >= 0.3 is 0 Å². The molecule has 4 aromatic rings. The molecule has 0 unspecified atom stereocenters. The third-order valence-corrected chi connectivity index (χ3v) is 8.54. The standard InChI is InChI=1S/C25H23N3O5S2/c1-3-13-28-20-14-21-22(33-16-32-21)15-23(20)34-25(28)26-24(29)17-9-11-19(12-10-17)35(30,31)27(2)18-7-5-4-6-8-18/h4-12,14-15H,3,13,16H2,1-2H3. The van der Waals surface area contributed by atoms with Gasteiger partial charge in [-0.3, -0.25) is 9.10 Å². The minimum Gasteiger partial charge on any atom is -0.454 e. The zero-order valence-corrected chi connectivity index (χ0v) is 20.8. The van der Waals surface area contributed by atoms with E-state index in [1.165, 1.54) is 47.0 Å². The summed E-state index contributed by atoms with van der Waals surface area (Å²) in [4.78, 5) is 18.0. The predicted molar refractivity (Wildman–Crippen MR) is 135 cm³/mol. The van der Waals surface area contributed by atoms with Crippen LogP contribution < -0.4 is 18.6 Å². The first-order chi connectivity index (χ1) is 16.9. The van der Waals surface area contributed by atoms with Crippen LogP contribution >= 0.6 is 11.3 Å². The number of para-hydroxylation sites is 1. The van der Waals surface area contributed by atoms with Gasteiger partial charge in [0.1, 0.15) is 0 Å². The number of ether oxygens (including phenoxy) is 2. The average Bonchev–Trinajstić information content (AvgIpc) is 3.46. The van der Waals surface area contributed by atoms with Gasteiger partial charge in [-0.1, -0.05) is 36.5 Å². The van der Waals surface area contributed by atoms with E-state index in [4.69, 9.17) is 9.47 Å². The van der Waals surface area contributed by atoms with Gasteiger partial charge < -0.3 is 14.0 Å². The van der Waals surface area contributed by atoms with Crippen molar-refractivity contribution in [3.05, 3.63) is 77.1 Å². The minimum absolute atomic E-state index is 0.0952. The van der Waals surface area contributed by atoms with Crippen molar-refractivity contribution < 1.29 is 22.7 Å². The third-order valence-electron chi connectivity index (χ3n) is 5.70. The van der Waals surface area contributed by atoms with Crippen LogP contribution in [0.25, 0.3) is 10.2 Å². The average molecular weight is 510 g/mol. The first-order valence-electron chi connectivity index (χ1n) is 11.0. The molecule has 0 radical (unpaired) electrons. The Hall–Kier alpha value is -3.63. The Balaban J connectivity index is 1.46. The van der Waals surface area contributed by atoms with Crippen molar-refractivity contribution in [2.45, 2.75) is 24.8 Å². The molecule has 0 bridgehead atoms. The topological polar surface area (TPSA) is 90.2 Å². The molecule has 0 saturated carbocycles. The van der Waals surface area contributed by atoms with E-state index in [-0.39, 0.29) is 11.7 Å². The number of nitrogens with zero attached hydrogens (tertiary/aromatic N) is 3. The molecule has 0 atom stereocenters. The molecule has 1 aromatic heterocycles. The highest BCUT2D eigenvalue weighted by atomic mass is 32.2. The van der Waals surface area contributed by atoms with Crippen LogP contribution in [-0.2, 0) is 16.6 Å². The van der Waals surface area contributed by atoms with Crippen LogP contribution in [0.15, 0.2) is 76.6 Å². The molecule has 0 spiro atoms. The SMILES string of the molecule is CCCn1c(=NC(=O)c2ccc(S(=O)(=O)N(C)c3ccccc3)cc2)sc2cc3c(cc21)OCO3. The molecule has 1 aliphatic rings. The maximum Gasteiger partial charge on any atom is 0.279 e. The van der Waals surface area contributed by atoms with Crippen molar-refractivity contribution in [2.75, 3.05) is 18.1 Å². The lowest BCUT2D eigenvalue weighted by Crippen LogP contribution is -2.26. The lowest BCUT2D eigenvalue weighted by molar-refractivity contribution is 0.0997. The van der Waals surface area contributed by atoms with Crippen LogP contribution in [-0.4, -0.2) is 32.7 Å². The van der Waals surface area contributed by atoms with Crippen molar-refractivity contribution >= 4 is 43.2 Å². The van der Waals surface area contributed by atoms with Crippen molar-refractivity contribution in [3.8, 4) is 11.5 Å². The Morgan fingerprint density at radius 3 is 2.43 bits per heavy atom.